The maximum atomic E-state index is 11.6. The van der Waals surface area contributed by atoms with Crippen LogP contribution in [0.25, 0.3) is 0 Å². The summed E-state index contributed by atoms with van der Waals surface area (Å²) in [6, 6.07) is 7.22. The predicted octanol–water partition coefficient (Wildman–Crippen LogP) is 1.64. The molecule has 17 heavy (non-hydrogen) atoms. The van der Waals surface area contributed by atoms with E-state index in [2.05, 4.69) is 5.32 Å². The molecule has 1 aromatic carbocycles. The zero-order chi connectivity index (χ0) is 12.5. The third-order valence-electron chi connectivity index (χ3n) is 2.50. The van der Waals surface area contributed by atoms with Gasteiger partial charge in [-0.15, -0.1) is 0 Å². The van der Waals surface area contributed by atoms with Crippen molar-refractivity contribution >= 4 is 11.6 Å². The van der Waals surface area contributed by atoms with Gasteiger partial charge in [0.15, 0.2) is 0 Å². The molecule has 0 aliphatic heterocycles. The highest BCUT2D eigenvalue weighted by atomic mass is 16.3. The minimum Gasteiger partial charge on any atom is -0.392 e. The molecule has 4 nitrogen and oxygen atoms in total. The van der Waals surface area contributed by atoms with Gasteiger partial charge in [0.25, 0.3) is 0 Å². The molecule has 0 saturated carbocycles. The summed E-state index contributed by atoms with van der Waals surface area (Å²) < 4.78 is 0. The zero-order valence-corrected chi connectivity index (χ0v) is 9.98. The fourth-order valence-electron chi connectivity index (χ4n) is 1.58. The third kappa shape index (κ3) is 5.47. The van der Waals surface area contributed by atoms with Crippen LogP contribution in [0.2, 0.25) is 0 Å². The summed E-state index contributed by atoms with van der Waals surface area (Å²) in [6.45, 7) is 0.667. The Labute approximate surface area is 102 Å². The van der Waals surface area contributed by atoms with E-state index in [0.29, 0.717) is 13.0 Å². The van der Waals surface area contributed by atoms with Crippen molar-refractivity contribution in [3.8, 4) is 0 Å². The normalized spacial score (nSPS) is 10.2. The summed E-state index contributed by atoms with van der Waals surface area (Å²) in [4.78, 5) is 11.6. The fraction of sp³-hybridized carbons (Fsp3) is 0.462. The number of aliphatic hydroxyl groups is 1. The quantitative estimate of drug-likeness (QED) is 0.630. The predicted molar refractivity (Wildman–Crippen MR) is 68.5 cm³/mol. The lowest BCUT2D eigenvalue weighted by Gasteiger charge is -2.06. The van der Waals surface area contributed by atoms with Crippen LogP contribution in [0.15, 0.2) is 24.3 Å². The van der Waals surface area contributed by atoms with Crippen molar-refractivity contribution in [1.29, 1.82) is 0 Å². The summed E-state index contributed by atoms with van der Waals surface area (Å²) in [5.41, 5.74) is 6.91. The van der Waals surface area contributed by atoms with Crippen molar-refractivity contribution in [2.45, 2.75) is 32.3 Å². The van der Waals surface area contributed by atoms with E-state index in [4.69, 9.17) is 10.8 Å². The number of nitrogens with one attached hydrogen (secondary N) is 1. The van der Waals surface area contributed by atoms with Gasteiger partial charge in [0, 0.05) is 12.1 Å². The second-order valence-electron chi connectivity index (χ2n) is 4.01. The summed E-state index contributed by atoms with van der Waals surface area (Å²) >= 11 is 0. The minimum atomic E-state index is -0.0137. The van der Waals surface area contributed by atoms with Gasteiger partial charge in [-0.3, -0.25) is 4.79 Å². The topological polar surface area (TPSA) is 75.4 Å². The fourth-order valence-corrected chi connectivity index (χ4v) is 1.58. The maximum absolute atomic E-state index is 11.6. The average Bonchev–Trinajstić information content (AvgIpc) is 2.35. The van der Waals surface area contributed by atoms with Gasteiger partial charge in [0.1, 0.15) is 0 Å². The lowest BCUT2D eigenvalue weighted by molar-refractivity contribution is -0.116. The Balaban J connectivity index is 2.34. The molecule has 4 heteroatoms. The number of nitrogens with two attached hydrogens (primary N) is 1. The first kappa shape index (κ1) is 13.7. The highest BCUT2D eigenvalue weighted by Crippen LogP contribution is 2.11. The van der Waals surface area contributed by atoms with Crippen molar-refractivity contribution < 1.29 is 9.90 Å². The number of hydrogen-bond acceptors (Lipinski definition) is 3. The second kappa shape index (κ2) is 7.81. The molecule has 0 heterocycles. The molecule has 0 bridgehead atoms. The number of anilines is 1. The Hall–Kier alpha value is -1.39. The van der Waals surface area contributed by atoms with Gasteiger partial charge in [-0.2, -0.15) is 0 Å². The molecule has 0 aromatic heterocycles. The number of aliphatic hydroxyl groups excluding tert-OH is 1. The van der Waals surface area contributed by atoms with Crippen molar-refractivity contribution in [1.82, 2.24) is 0 Å². The molecule has 0 radical (unpaired) electrons. The van der Waals surface area contributed by atoms with Gasteiger partial charge in [0.2, 0.25) is 5.91 Å². The van der Waals surface area contributed by atoms with Gasteiger partial charge in [-0.1, -0.05) is 18.6 Å². The molecule has 1 aromatic rings. The number of unbranched alkanes of at least 4 members (excludes halogenated alkanes) is 2. The van der Waals surface area contributed by atoms with Gasteiger partial charge in [-0.25, -0.2) is 0 Å². The van der Waals surface area contributed by atoms with Crippen LogP contribution in [-0.2, 0) is 11.4 Å². The van der Waals surface area contributed by atoms with Crippen molar-refractivity contribution in [2.75, 3.05) is 11.9 Å². The van der Waals surface area contributed by atoms with Gasteiger partial charge in [-0.05, 0) is 37.1 Å². The Morgan fingerprint density at radius 2 is 2.12 bits per heavy atom. The van der Waals surface area contributed by atoms with Crippen LogP contribution in [0.3, 0.4) is 0 Å². The monoisotopic (exact) mass is 236 g/mol. The van der Waals surface area contributed by atoms with Crippen molar-refractivity contribution in [2.24, 2.45) is 5.73 Å². The molecule has 94 valence electrons. The summed E-state index contributed by atoms with van der Waals surface area (Å²) in [5.74, 6) is 0.0112. The SMILES string of the molecule is NCCCCCC(=O)Nc1cccc(CO)c1. The first-order chi connectivity index (χ1) is 8.26. The first-order valence-electron chi connectivity index (χ1n) is 5.96. The van der Waals surface area contributed by atoms with E-state index in [-0.39, 0.29) is 12.5 Å². The molecule has 0 fully saturated rings. The van der Waals surface area contributed by atoms with Crippen LogP contribution < -0.4 is 11.1 Å². The summed E-state index contributed by atoms with van der Waals surface area (Å²) in [5, 5.41) is 11.8. The molecule has 4 N–H and O–H groups in total. The van der Waals surface area contributed by atoms with Gasteiger partial charge in [0.05, 0.1) is 6.61 Å². The molecule has 0 aliphatic carbocycles. The molecule has 0 atom stereocenters. The third-order valence-corrected chi connectivity index (χ3v) is 2.50. The van der Waals surface area contributed by atoms with Crippen LogP contribution in [0.1, 0.15) is 31.2 Å². The standard InChI is InChI=1S/C13H20N2O2/c14-8-3-1-2-7-13(17)15-12-6-4-5-11(9-12)10-16/h4-6,9,16H,1-3,7-8,10,14H2,(H,15,17). The molecular weight excluding hydrogens is 216 g/mol. The highest BCUT2D eigenvalue weighted by molar-refractivity contribution is 5.90. The number of benzene rings is 1. The van der Waals surface area contributed by atoms with Crippen LogP contribution in [0.4, 0.5) is 5.69 Å². The summed E-state index contributed by atoms with van der Waals surface area (Å²) in [6.07, 6.45) is 3.33. The van der Waals surface area contributed by atoms with Crippen LogP contribution in [0.5, 0.6) is 0 Å². The van der Waals surface area contributed by atoms with Crippen LogP contribution in [-0.4, -0.2) is 17.6 Å². The molecule has 0 unspecified atom stereocenters. The van der Waals surface area contributed by atoms with E-state index in [0.717, 1.165) is 30.5 Å². The second-order valence-corrected chi connectivity index (χ2v) is 4.01. The largest absolute Gasteiger partial charge is 0.392 e. The maximum Gasteiger partial charge on any atom is 0.224 e. The highest BCUT2D eigenvalue weighted by Gasteiger charge is 2.02. The molecule has 0 saturated heterocycles. The van der Waals surface area contributed by atoms with Gasteiger partial charge >= 0.3 is 0 Å². The number of hydrogen-bond donors (Lipinski definition) is 3. The van der Waals surface area contributed by atoms with Crippen molar-refractivity contribution in [3.63, 3.8) is 0 Å². The number of rotatable bonds is 7. The lowest BCUT2D eigenvalue weighted by atomic mass is 10.1. The first-order valence-corrected chi connectivity index (χ1v) is 5.96. The van der Waals surface area contributed by atoms with E-state index >= 15 is 0 Å². The Morgan fingerprint density at radius 1 is 1.29 bits per heavy atom. The van der Waals surface area contributed by atoms with E-state index in [1.807, 2.05) is 18.2 Å². The van der Waals surface area contributed by atoms with Crippen LogP contribution in [0, 0.1) is 0 Å². The smallest absolute Gasteiger partial charge is 0.224 e. The van der Waals surface area contributed by atoms with E-state index < -0.39 is 0 Å². The molecule has 1 amide bonds. The number of carbonyl (C=O) groups is 1. The Morgan fingerprint density at radius 3 is 2.82 bits per heavy atom. The average molecular weight is 236 g/mol. The van der Waals surface area contributed by atoms with Crippen LogP contribution >= 0.6 is 0 Å². The molecule has 0 aliphatic rings. The van der Waals surface area contributed by atoms with E-state index in [1.165, 1.54) is 0 Å². The Bertz CT molecular complexity index is 353. The lowest BCUT2D eigenvalue weighted by Crippen LogP contribution is -2.11. The summed E-state index contributed by atoms with van der Waals surface area (Å²) in [7, 11) is 0. The van der Waals surface area contributed by atoms with Crippen molar-refractivity contribution in [3.05, 3.63) is 29.8 Å². The minimum absolute atomic E-state index is 0.0112. The molecular formula is C13H20N2O2. The number of carbonyl (C=O) groups excluding carboxylic acids is 1. The number of amides is 1. The van der Waals surface area contributed by atoms with E-state index in [1.54, 1.807) is 6.07 Å². The van der Waals surface area contributed by atoms with Gasteiger partial charge < -0.3 is 16.2 Å². The molecule has 1 rings (SSSR count). The molecule has 0 spiro atoms. The Kier molecular flexibility index (Phi) is 6.29. The van der Waals surface area contributed by atoms with E-state index in [9.17, 15) is 4.79 Å². The zero-order valence-electron chi connectivity index (χ0n) is 9.98.